The van der Waals surface area contributed by atoms with E-state index in [0.29, 0.717) is 11.3 Å². The number of methoxy groups -OCH3 is 2. The zero-order valence-corrected chi connectivity index (χ0v) is 20.2. The second kappa shape index (κ2) is 10.6. The van der Waals surface area contributed by atoms with Gasteiger partial charge in [0.2, 0.25) is 5.91 Å². The quantitative estimate of drug-likeness (QED) is 0.490. The minimum atomic E-state index is -4.18. The molecule has 34 heavy (non-hydrogen) atoms. The normalized spacial score (nSPS) is 12.0. The van der Waals surface area contributed by atoms with Crippen LogP contribution in [-0.4, -0.2) is 35.1 Å². The fourth-order valence-corrected chi connectivity index (χ4v) is 5.08. The van der Waals surface area contributed by atoms with Crippen molar-refractivity contribution in [3.63, 3.8) is 0 Å². The van der Waals surface area contributed by atoms with Crippen LogP contribution in [0.1, 0.15) is 24.1 Å². The maximum Gasteiger partial charge on any atom is 0.268 e. The van der Waals surface area contributed by atoms with Crippen molar-refractivity contribution in [2.75, 3.05) is 25.1 Å². The highest BCUT2D eigenvalue weighted by Gasteiger charge is 2.30. The van der Waals surface area contributed by atoms with Gasteiger partial charge in [-0.15, -0.1) is 0 Å². The van der Waals surface area contributed by atoms with Crippen molar-refractivity contribution in [2.45, 2.75) is 24.8 Å². The Hall–Kier alpha value is -3.59. The van der Waals surface area contributed by atoms with E-state index in [1.165, 1.54) is 32.4 Å². The zero-order valence-electron chi connectivity index (χ0n) is 19.4. The number of amides is 1. The number of hydrogen-bond donors (Lipinski definition) is 1. The molecule has 1 unspecified atom stereocenters. The van der Waals surface area contributed by atoms with E-state index in [0.717, 1.165) is 9.87 Å². The molecule has 7 nitrogen and oxygen atoms in total. The number of halogens is 1. The summed E-state index contributed by atoms with van der Waals surface area (Å²) in [6.45, 7) is 3.03. The second-order valence-corrected chi connectivity index (χ2v) is 9.54. The predicted octanol–water partition coefficient (Wildman–Crippen LogP) is 4.22. The molecule has 1 amide bonds. The predicted molar refractivity (Wildman–Crippen MR) is 128 cm³/mol. The maximum absolute atomic E-state index is 13.7. The summed E-state index contributed by atoms with van der Waals surface area (Å²) >= 11 is 0. The lowest BCUT2D eigenvalue weighted by atomic mass is 10.1. The third-order valence-corrected chi connectivity index (χ3v) is 7.08. The van der Waals surface area contributed by atoms with Crippen LogP contribution in [0.15, 0.2) is 71.6 Å². The second-order valence-electron chi connectivity index (χ2n) is 7.70. The molecule has 0 saturated carbocycles. The molecule has 3 aromatic carbocycles. The third-order valence-electron chi connectivity index (χ3n) is 5.28. The maximum atomic E-state index is 13.7. The minimum Gasteiger partial charge on any atom is -0.497 e. The number of anilines is 1. The molecule has 0 aliphatic rings. The number of ether oxygens (including phenoxy) is 2. The Bertz CT molecular complexity index is 1250. The van der Waals surface area contributed by atoms with Gasteiger partial charge >= 0.3 is 0 Å². The highest BCUT2D eigenvalue weighted by molar-refractivity contribution is 7.93. The number of benzene rings is 3. The molecule has 180 valence electrons. The number of hydrogen-bond acceptors (Lipinski definition) is 5. The van der Waals surface area contributed by atoms with Gasteiger partial charge in [0.15, 0.2) is 0 Å². The highest BCUT2D eigenvalue weighted by atomic mass is 32.2. The first-order chi connectivity index (χ1) is 16.1. The van der Waals surface area contributed by atoms with Crippen molar-refractivity contribution in [3.8, 4) is 11.5 Å². The first-order valence-corrected chi connectivity index (χ1v) is 12.0. The number of rotatable bonds is 9. The van der Waals surface area contributed by atoms with Crippen LogP contribution in [0.4, 0.5) is 10.1 Å². The Morgan fingerprint density at radius 3 is 2.24 bits per heavy atom. The fraction of sp³-hybridized carbons (Fsp3) is 0.240. The SMILES string of the molecule is COc1ccc(N(CC(=O)NC(C)c2ccc(F)cc2)S(=O)(=O)c2cc(C)ccc2OC)cc1. The molecule has 0 aromatic heterocycles. The standard InChI is InChI=1S/C25H27FN2O5S/c1-17-5-14-23(33-4)24(15-17)34(30,31)28(21-10-12-22(32-3)13-11-21)16-25(29)27-18(2)19-6-8-20(26)9-7-19/h5-15,18H,16H2,1-4H3,(H,27,29). The minimum absolute atomic E-state index is 0.0507. The summed E-state index contributed by atoms with van der Waals surface area (Å²) < 4.78 is 52.2. The van der Waals surface area contributed by atoms with E-state index in [4.69, 9.17) is 9.47 Å². The van der Waals surface area contributed by atoms with Gasteiger partial charge in [-0.25, -0.2) is 12.8 Å². The lowest BCUT2D eigenvalue weighted by Crippen LogP contribution is -2.41. The van der Waals surface area contributed by atoms with Gasteiger partial charge in [0.05, 0.1) is 25.9 Å². The van der Waals surface area contributed by atoms with Crippen LogP contribution >= 0.6 is 0 Å². The van der Waals surface area contributed by atoms with Crippen LogP contribution < -0.4 is 19.1 Å². The van der Waals surface area contributed by atoms with E-state index in [9.17, 15) is 17.6 Å². The average Bonchev–Trinajstić information content (AvgIpc) is 2.83. The van der Waals surface area contributed by atoms with E-state index in [2.05, 4.69) is 5.32 Å². The average molecular weight is 487 g/mol. The zero-order chi connectivity index (χ0) is 24.9. The Balaban J connectivity index is 1.96. The molecule has 3 rings (SSSR count). The summed E-state index contributed by atoms with van der Waals surface area (Å²) in [4.78, 5) is 12.9. The van der Waals surface area contributed by atoms with E-state index >= 15 is 0 Å². The van der Waals surface area contributed by atoms with Crippen LogP contribution in [0.3, 0.4) is 0 Å². The third kappa shape index (κ3) is 5.66. The van der Waals surface area contributed by atoms with Crippen molar-refractivity contribution in [3.05, 3.63) is 83.7 Å². The lowest BCUT2D eigenvalue weighted by Gasteiger charge is -2.26. The molecule has 1 atom stereocenters. The number of nitrogens with zero attached hydrogens (tertiary/aromatic N) is 1. The number of carbonyl (C=O) groups is 1. The van der Waals surface area contributed by atoms with Crippen LogP contribution in [0.25, 0.3) is 0 Å². The van der Waals surface area contributed by atoms with Crippen LogP contribution in [0.2, 0.25) is 0 Å². The first kappa shape index (κ1) is 25.0. The van der Waals surface area contributed by atoms with Gasteiger partial charge in [0, 0.05) is 0 Å². The number of nitrogens with one attached hydrogen (secondary N) is 1. The Labute approximate surface area is 199 Å². The Kier molecular flexibility index (Phi) is 7.78. The molecular weight excluding hydrogens is 459 g/mol. The van der Waals surface area contributed by atoms with Gasteiger partial charge in [0.25, 0.3) is 10.0 Å². The molecule has 0 aliphatic carbocycles. The van der Waals surface area contributed by atoms with Gasteiger partial charge in [-0.05, 0) is 73.5 Å². The van der Waals surface area contributed by atoms with Crippen LogP contribution in [0.5, 0.6) is 11.5 Å². The van der Waals surface area contributed by atoms with Gasteiger partial charge in [0.1, 0.15) is 28.8 Å². The summed E-state index contributed by atoms with van der Waals surface area (Å²) in [7, 11) is -1.29. The lowest BCUT2D eigenvalue weighted by molar-refractivity contribution is -0.120. The Morgan fingerprint density at radius 2 is 1.65 bits per heavy atom. The highest BCUT2D eigenvalue weighted by Crippen LogP contribution is 2.31. The van der Waals surface area contributed by atoms with Gasteiger partial charge in [-0.1, -0.05) is 18.2 Å². The van der Waals surface area contributed by atoms with Crippen LogP contribution in [0, 0.1) is 12.7 Å². The molecule has 0 radical (unpaired) electrons. The molecule has 0 spiro atoms. The molecule has 0 aliphatic heterocycles. The van der Waals surface area contributed by atoms with Crippen molar-refractivity contribution >= 4 is 21.6 Å². The molecule has 9 heteroatoms. The molecule has 1 N–H and O–H groups in total. The molecular formula is C25H27FN2O5S. The van der Waals surface area contributed by atoms with Crippen LogP contribution in [-0.2, 0) is 14.8 Å². The molecule has 0 bridgehead atoms. The summed E-state index contributed by atoms with van der Waals surface area (Å²) in [5.41, 5.74) is 1.70. The summed E-state index contributed by atoms with van der Waals surface area (Å²) in [6.07, 6.45) is 0. The van der Waals surface area contributed by atoms with Gasteiger partial charge < -0.3 is 14.8 Å². The molecule has 3 aromatic rings. The van der Waals surface area contributed by atoms with Crippen molar-refractivity contribution in [1.82, 2.24) is 5.32 Å². The smallest absolute Gasteiger partial charge is 0.268 e. The summed E-state index contributed by atoms with van der Waals surface area (Å²) in [5, 5.41) is 2.78. The number of aryl methyl sites for hydroxylation is 1. The molecule has 0 heterocycles. The van der Waals surface area contributed by atoms with Crippen molar-refractivity contribution < 1.29 is 27.1 Å². The van der Waals surface area contributed by atoms with E-state index in [1.54, 1.807) is 62.4 Å². The fourth-order valence-electron chi connectivity index (χ4n) is 3.42. The van der Waals surface area contributed by atoms with Gasteiger partial charge in [-0.3, -0.25) is 9.10 Å². The number of sulfonamides is 1. The van der Waals surface area contributed by atoms with Crippen molar-refractivity contribution in [1.29, 1.82) is 0 Å². The monoisotopic (exact) mass is 486 g/mol. The molecule has 0 fully saturated rings. The topological polar surface area (TPSA) is 84.9 Å². The van der Waals surface area contributed by atoms with E-state index in [1.807, 2.05) is 0 Å². The number of carbonyl (C=O) groups excluding carboxylic acids is 1. The largest absolute Gasteiger partial charge is 0.497 e. The van der Waals surface area contributed by atoms with Crippen molar-refractivity contribution in [2.24, 2.45) is 0 Å². The van der Waals surface area contributed by atoms with E-state index < -0.39 is 28.5 Å². The van der Waals surface area contributed by atoms with Gasteiger partial charge in [-0.2, -0.15) is 0 Å². The summed E-state index contributed by atoms with van der Waals surface area (Å²) in [6, 6.07) is 16.5. The Morgan fingerprint density at radius 1 is 1.00 bits per heavy atom. The first-order valence-electron chi connectivity index (χ1n) is 10.5. The summed E-state index contributed by atoms with van der Waals surface area (Å²) in [5.74, 6) is -0.193. The van der Waals surface area contributed by atoms with E-state index in [-0.39, 0.29) is 22.1 Å². The molecule has 0 saturated heterocycles.